The van der Waals surface area contributed by atoms with Gasteiger partial charge in [0, 0.05) is 6.21 Å². The second kappa shape index (κ2) is 5.79. The van der Waals surface area contributed by atoms with E-state index in [1.54, 1.807) is 0 Å². The summed E-state index contributed by atoms with van der Waals surface area (Å²) in [5.74, 6) is 1.24. The first-order valence-corrected chi connectivity index (χ1v) is 5.09. The molecule has 0 fully saturated rings. The van der Waals surface area contributed by atoms with Crippen LogP contribution in [0.5, 0.6) is 0 Å². The van der Waals surface area contributed by atoms with Crippen LogP contribution >= 0.6 is 0 Å². The Hall–Kier alpha value is -0.790. The van der Waals surface area contributed by atoms with Crippen LogP contribution < -0.4 is 0 Å². The van der Waals surface area contributed by atoms with Crippen LogP contribution in [0.4, 0.5) is 0 Å². The summed E-state index contributed by atoms with van der Waals surface area (Å²) in [5, 5.41) is 3.93. The standard InChI is InChI=1S/C11H19NO/c1-3-4-5-6-11-7-10(2)9-13-12-8-11/h3,8,10-11H,1,4-7,9H2,2H3. The highest BCUT2D eigenvalue weighted by molar-refractivity contribution is 5.60. The molecule has 0 aromatic carbocycles. The van der Waals surface area contributed by atoms with E-state index in [0.717, 1.165) is 13.0 Å². The van der Waals surface area contributed by atoms with Gasteiger partial charge in [0.15, 0.2) is 0 Å². The van der Waals surface area contributed by atoms with Gasteiger partial charge in [-0.05, 0) is 37.5 Å². The number of rotatable bonds is 4. The Bertz CT molecular complexity index is 177. The summed E-state index contributed by atoms with van der Waals surface area (Å²) in [7, 11) is 0. The molecule has 0 spiro atoms. The van der Waals surface area contributed by atoms with Crippen molar-refractivity contribution in [3.8, 4) is 0 Å². The Morgan fingerprint density at radius 2 is 2.54 bits per heavy atom. The quantitative estimate of drug-likeness (QED) is 0.482. The van der Waals surface area contributed by atoms with E-state index >= 15 is 0 Å². The van der Waals surface area contributed by atoms with Crippen LogP contribution in [0, 0.1) is 11.8 Å². The summed E-state index contributed by atoms with van der Waals surface area (Å²) in [6.07, 6.45) is 8.69. The van der Waals surface area contributed by atoms with Gasteiger partial charge in [-0.15, -0.1) is 6.58 Å². The molecule has 2 atom stereocenters. The number of allylic oxidation sites excluding steroid dienone is 1. The highest BCUT2D eigenvalue weighted by atomic mass is 16.6. The summed E-state index contributed by atoms with van der Waals surface area (Å²) in [6, 6.07) is 0. The Balaban J connectivity index is 2.25. The number of nitrogens with zero attached hydrogens (tertiary/aromatic N) is 1. The molecule has 2 unspecified atom stereocenters. The van der Waals surface area contributed by atoms with Gasteiger partial charge in [0.2, 0.25) is 0 Å². The molecule has 2 heteroatoms. The van der Waals surface area contributed by atoms with Crippen LogP contribution in [0.3, 0.4) is 0 Å². The molecule has 0 radical (unpaired) electrons. The lowest BCUT2D eigenvalue weighted by Gasteiger charge is -2.11. The number of hydrogen-bond acceptors (Lipinski definition) is 2. The Labute approximate surface area is 80.7 Å². The molecule has 0 amide bonds. The lowest BCUT2D eigenvalue weighted by molar-refractivity contribution is 0.117. The van der Waals surface area contributed by atoms with Gasteiger partial charge in [0.25, 0.3) is 0 Å². The molecule has 0 bridgehead atoms. The fraction of sp³-hybridized carbons (Fsp3) is 0.727. The van der Waals surface area contributed by atoms with Gasteiger partial charge >= 0.3 is 0 Å². The lowest BCUT2D eigenvalue weighted by atomic mass is 9.93. The van der Waals surface area contributed by atoms with E-state index in [-0.39, 0.29) is 0 Å². The third-order valence-electron chi connectivity index (χ3n) is 2.39. The zero-order valence-corrected chi connectivity index (χ0v) is 8.41. The maximum Gasteiger partial charge on any atom is 0.119 e. The van der Waals surface area contributed by atoms with Crippen molar-refractivity contribution in [1.82, 2.24) is 0 Å². The molecule has 1 aliphatic heterocycles. The minimum absolute atomic E-state index is 0.609. The molecule has 74 valence electrons. The zero-order valence-electron chi connectivity index (χ0n) is 8.41. The van der Waals surface area contributed by atoms with Crippen LogP contribution in [0.25, 0.3) is 0 Å². The Morgan fingerprint density at radius 3 is 3.31 bits per heavy atom. The molecule has 0 saturated heterocycles. The molecule has 0 aromatic heterocycles. The van der Waals surface area contributed by atoms with E-state index < -0.39 is 0 Å². The number of unbranched alkanes of at least 4 members (excludes halogenated alkanes) is 1. The first-order valence-electron chi connectivity index (χ1n) is 5.09. The summed E-state index contributed by atoms with van der Waals surface area (Å²) < 4.78 is 0. The van der Waals surface area contributed by atoms with Crippen LogP contribution in [-0.4, -0.2) is 12.8 Å². The number of oxime groups is 1. The first-order chi connectivity index (χ1) is 6.33. The second-order valence-corrected chi connectivity index (χ2v) is 3.87. The Kier molecular flexibility index (Phi) is 4.58. The topological polar surface area (TPSA) is 21.6 Å². The van der Waals surface area contributed by atoms with Crippen molar-refractivity contribution in [1.29, 1.82) is 0 Å². The van der Waals surface area contributed by atoms with Crippen molar-refractivity contribution >= 4 is 6.21 Å². The zero-order chi connectivity index (χ0) is 9.52. The fourth-order valence-corrected chi connectivity index (χ4v) is 1.66. The molecule has 0 saturated carbocycles. The summed E-state index contributed by atoms with van der Waals surface area (Å²) in [5.41, 5.74) is 0. The predicted molar refractivity (Wildman–Crippen MR) is 55.8 cm³/mol. The van der Waals surface area contributed by atoms with Crippen LogP contribution in [-0.2, 0) is 4.84 Å². The minimum Gasteiger partial charge on any atom is -0.396 e. The second-order valence-electron chi connectivity index (χ2n) is 3.87. The average molecular weight is 181 g/mol. The first kappa shape index (κ1) is 10.3. The molecule has 0 N–H and O–H groups in total. The average Bonchev–Trinajstić information content (AvgIpc) is 2.31. The molecule has 1 aliphatic rings. The van der Waals surface area contributed by atoms with Gasteiger partial charge < -0.3 is 4.84 Å². The van der Waals surface area contributed by atoms with Gasteiger partial charge in [-0.2, -0.15) is 0 Å². The highest BCUT2D eigenvalue weighted by Crippen LogP contribution is 2.19. The molecule has 0 aliphatic carbocycles. The Morgan fingerprint density at radius 1 is 1.69 bits per heavy atom. The van der Waals surface area contributed by atoms with E-state index in [1.807, 2.05) is 12.3 Å². The molecule has 1 heterocycles. The largest absolute Gasteiger partial charge is 0.396 e. The molecule has 1 rings (SSSR count). The van der Waals surface area contributed by atoms with Crippen molar-refractivity contribution < 1.29 is 4.84 Å². The maximum atomic E-state index is 5.09. The van der Waals surface area contributed by atoms with E-state index in [4.69, 9.17) is 4.84 Å². The smallest absolute Gasteiger partial charge is 0.119 e. The van der Waals surface area contributed by atoms with Gasteiger partial charge in [-0.25, -0.2) is 0 Å². The third-order valence-corrected chi connectivity index (χ3v) is 2.39. The summed E-state index contributed by atoms with van der Waals surface area (Å²) in [6.45, 7) is 6.71. The van der Waals surface area contributed by atoms with Crippen molar-refractivity contribution in [2.45, 2.75) is 32.6 Å². The molecule has 2 nitrogen and oxygen atoms in total. The fourth-order valence-electron chi connectivity index (χ4n) is 1.66. The summed E-state index contributed by atoms with van der Waals surface area (Å²) >= 11 is 0. The minimum atomic E-state index is 0.609. The number of hydrogen-bond donors (Lipinski definition) is 0. The summed E-state index contributed by atoms with van der Waals surface area (Å²) in [4.78, 5) is 5.09. The van der Waals surface area contributed by atoms with Crippen molar-refractivity contribution in [3.63, 3.8) is 0 Å². The van der Waals surface area contributed by atoms with Gasteiger partial charge in [0.05, 0.1) is 0 Å². The SMILES string of the molecule is C=CCCCC1C=NOCC(C)C1. The van der Waals surface area contributed by atoms with Gasteiger partial charge in [0.1, 0.15) is 6.61 Å². The predicted octanol–water partition coefficient (Wildman–Crippen LogP) is 3.00. The van der Waals surface area contributed by atoms with Crippen molar-refractivity contribution in [2.75, 3.05) is 6.61 Å². The van der Waals surface area contributed by atoms with E-state index in [9.17, 15) is 0 Å². The van der Waals surface area contributed by atoms with Crippen molar-refractivity contribution in [2.24, 2.45) is 17.0 Å². The van der Waals surface area contributed by atoms with E-state index in [0.29, 0.717) is 11.8 Å². The maximum absolute atomic E-state index is 5.09. The highest BCUT2D eigenvalue weighted by Gasteiger charge is 2.14. The van der Waals surface area contributed by atoms with E-state index in [2.05, 4.69) is 18.7 Å². The molecule has 13 heavy (non-hydrogen) atoms. The van der Waals surface area contributed by atoms with Crippen LogP contribution in [0.15, 0.2) is 17.8 Å². The molecular weight excluding hydrogens is 162 g/mol. The van der Waals surface area contributed by atoms with Crippen LogP contribution in [0.1, 0.15) is 32.6 Å². The van der Waals surface area contributed by atoms with Crippen LogP contribution in [0.2, 0.25) is 0 Å². The normalized spacial score (nSPS) is 27.8. The van der Waals surface area contributed by atoms with Gasteiger partial charge in [-0.1, -0.05) is 18.2 Å². The van der Waals surface area contributed by atoms with Crippen molar-refractivity contribution in [3.05, 3.63) is 12.7 Å². The third kappa shape index (κ3) is 4.11. The van der Waals surface area contributed by atoms with E-state index in [1.165, 1.54) is 19.3 Å². The molecule has 0 aromatic rings. The lowest BCUT2D eigenvalue weighted by Crippen LogP contribution is -2.08. The monoisotopic (exact) mass is 181 g/mol. The molecular formula is C11H19NO. The van der Waals surface area contributed by atoms with Gasteiger partial charge in [-0.3, -0.25) is 0 Å².